The van der Waals surface area contributed by atoms with Crippen LogP contribution in [0.2, 0.25) is 0 Å². The average molecular weight is 260 g/mol. The molecule has 1 aromatic heterocycles. The van der Waals surface area contributed by atoms with Gasteiger partial charge in [-0.25, -0.2) is 4.98 Å². The molecule has 2 aromatic rings. The minimum atomic E-state index is 0.690. The Labute approximate surface area is 113 Å². The van der Waals surface area contributed by atoms with E-state index in [1.807, 2.05) is 17.4 Å². The summed E-state index contributed by atoms with van der Waals surface area (Å²) in [6.07, 6.45) is 4.44. The molecule has 2 rings (SSSR count). The molecule has 0 aliphatic carbocycles. The van der Waals surface area contributed by atoms with Gasteiger partial charge in [0.05, 0.1) is 10.7 Å². The highest BCUT2D eigenvalue weighted by atomic mass is 32.1. The van der Waals surface area contributed by atoms with Crippen LogP contribution in [0.3, 0.4) is 0 Å². The standard InChI is InChI=1S/C15H20N2S/c1-2-3-9-14-17-15(13(18-14)10-11-16)12-7-5-4-6-8-12/h4-8H,2-3,9-11,16H2,1H3. The number of nitrogens with two attached hydrogens (primary N) is 1. The van der Waals surface area contributed by atoms with Crippen molar-refractivity contribution in [2.24, 2.45) is 5.73 Å². The first-order chi connectivity index (χ1) is 8.85. The summed E-state index contributed by atoms with van der Waals surface area (Å²) >= 11 is 1.83. The van der Waals surface area contributed by atoms with Crippen LogP contribution < -0.4 is 5.73 Å². The van der Waals surface area contributed by atoms with Crippen molar-refractivity contribution in [1.82, 2.24) is 4.98 Å². The van der Waals surface area contributed by atoms with E-state index in [4.69, 9.17) is 10.7 Å². The number of benzene rings is 1. The van der Waals surface area contributed by atoms with Gasteiger partial charge in [0.25, 0.3) is 0 Å². The van der Waals surface area contributed by atoms with Crippen LogP contribution in [0.15, 0.2) is 30.3 Å². The fourth-order valence-corrected chi connectivity index (χ4v) is 3.11. The van der Waals surface area contributed by atoms with Crippen LogP contribution in [-0.4, -0.2) is 11.5 Å². The first kappa shape index (κ1) is 13.2. The zero-order chi connectivity index (χ0) is 12.8. The maximum atomic E-state index is 5.70. The van der Waals surface area contributed by atoms with Crippen LogP contribution in [0, 0.1) is 0 Å². The maximum absolute atomic E-state index is 5.70. The number of thiazole rings is 1. The van der Waals surface area contributed by atoms with Crippen molar-refractivity contribution >= 4 is 11.3 Å². The van der Waals surface area contributed by atoms with E-state index in [-0.39, 0.29) is 0 Å². The second-order valence-corrected chi connectivity index (χ2v) is 5.56. The van der Waals surface area contributed by atoms with Crippen LogP contribution >= 0.6 is 11.3 Å². The van der Waals surface area contributed by atoms with Crippen LogP contribution in [0.1, 0.15) is 29.7 Å². The third kappa shape index (κ3) is 3.18. The Balaban J connectivity index is 2.29. The lowest BCUT2D eigenvalue weighted by Crippen LogP contribution is -2.02. The molecule has 0 saturated heterocycles. The van der Waals surface area contributed by atoms with Gasteiger partial charge in [0.1, 0.15) is 0 Å². The van der Waals surface area contributed by atoms with Gasteiger partial charge in [0.15, 0.2) is 0 Å². The van der Waals surface area contributed by atoms with E-state index in [1.54, 1.807) is 0 Å². The molecule has 0 unspecified atom stereocenters. The lowest BCUT2D eigenvalue weighted by molar-refractivity contribution is 0.790. The van der Waals surface area contributed by atoms with Crippen molar-refractivity contribution < 1.29 is 0 Å². The van der Waals surface area contributed by atoms with E-state index in [1.165, 1.54) is 28.3 Å². The Morgan fingerprint density at radius 2 is 1.94 bits per heavy atom. The van der Waals surface area contributed by atoms with Crippen molar-refractivity contribution in [1.29, 1.82) is 0 Å². The Morgan fingerprint density at radius 3 is 2.61 bits per heavy atom. The number of hydrogen-bond acceptors (Lipinski definition) is 3. The Morgan fingerprint density at radius 1 is 1.17 bits per heavy atom. The molecule has 0 atom stereocenters. The molecular formula is C15H20N2S. The third-order valence-corrected chi connectivity index (χ3v) is 4.08. The first-order valence-electron chi connectivity index (χ1n) is 6.59. The molecule has 0 saturated carbocycles. The number of hydrogen-bond donors (Lipinski definition) is 1. The van der Waals surface area contributed by atoms with Gasteiger partial charge in [-0.05, 0) is 25.8 Å². The molecule has 0 aliphatic heterocycles. The molecule has 0 radical (unpaired) electrons. The molecule has 0 aliphatic rings. The zero-order valence-corrected chi connectivity index (χ0v) is 11.7. The monoisotopic (exact) mass is 260 g/mol. The van der Waals surface area contributed by atoms with E-state index in [2.05, 4.69) is 31.2 Å². The largest absolute Gasteiger partial charge is 0.330 e. The van der Waals surface area contributed by atoms with Gasteiger partial charge in [-0.1, -0.05) is 43.7 Å². The number of aryl methyl sites for hydroxylation is 1. The second-order valence-electron chi connectivity index (χ2n) is 4.39. The molecule has 0 spiro atoms. The highest BCUT2D eigenvalue weighted by Crippen LogP contribution is 2.29. The predicted molar refractivity (Wildman–Crippen MR) is 78.9 cm³/mol. The molecule has 96 valence electrons. The van der Waals surface area contributed by atoms with E-state index in [0.717, 1.165) is 18.5 Å². The van der Waals surface area contributed by atoms with Gasteiger partial charge in [0, 0.05) is 10.4 Å². The molecular weight excluding hydrogens is 240 g/mol. The molecule has 0 fully saturated rings. The maximum Gasteiger partial charge on any atom is 0.0935 e. The van der Waals surface area contributed by atoms with Gasteiger partial charge in [-0.2, -0.15) is 0 Å². The van der Waals surface area contributed by atoms with Gasteiger partial charge in [-0.3, -0.25) is 0 Å². The minimum absolute atomic E-state index is 0.690. The third-order valence-electron chi connectivity index (χ3n) is 2.90. The summed E-state index contributed by atoms with van der Waals surface area (Å²) in [5, 5.41) is 1.25. The quantitative estimate of drug-likeness (QED) is 0.861. The fraction of sp³-hybridized carbons (Fsp3) is 0.400. The number of unbranched alkanes of at least 4 members (excludes halogenated alkanes) is 1. The molecule has 1 aromatic carbocycles. The molecule has 1 heterocycles. The topological polar surface area (TPSA) is 38.9 Å². The Hall–Kier alpha value is -1.19. The molecule has 3 heteroatoms. The molecule has 0 amide bonds. The van der Waals surface area contributed by atoms with Crippen molar-refractivity contribution in [2.75, 3.05) is 6.54 Å². The van der Waals surface area contributed by atoms with Gasteiger partial charge in [0.2, 0.25) is 0 Å². The Bertz CT molecular complexity index is 476. The summed E-state index contributed by atoms with van der Waals surface area (Å²) in [4.78, 5) is 6.13. The van der Waals surface area contributed by atoms with E-state index in [9.17, 15) is 0 Å². The number of aromatic nitrogens is 1. The summed E-state index contributed by atoms with van der Waals surface area (Å²) in [5.41, 5.74) is 8.04. The van der Waals surface area contributed by atoms with Crippen LogP contribution in [0.25, 0.3) is 11.3 Å². The minimum Gasteiger partial charge on any atom is -0.330 e. The van der Waals surface area contributed by atoms with Gasteiger partial charge in [-0.15, -0.1) is 11.3 Å². The van der Waals surface area contributed by atoms with Crippen LogP contribution in [0.5, 0.6) is 0 Å². The van der Waals surface area contributed by atoms with Gasteiger partial charge < -0.3 is 5.73 Å². The lowest BCUT2D eigenvalue weighted by Gasteiger charge is -2.00. The predicted octanol–water partition coefficient (Wildman–Crippen LogP) is 3.65. The second kappa shape index (κ2) is 6.66. The van der Waals surface area contributed by atoms with Crippen molar-refractivity contribution in [2.45, 2.75) is 32.6 Å². The highest BCUT2D eigenvalue weighted by Gasteiger charge is 2.11. The molecule has 18 heavy (non-hydrogen) atoms. The van der Waals surface area contributed by atoms with Crippen LogP contribution in [-0.2, 0) is 12.8 Å². The highest BCUT2D eigenvalue weighted by molar-refractivity contribution is 7.12. The molecule has 2 nitrogen and oxygen atoms in total. The zero-order valence-electron chi connectivity index (χ0n) is 10.9. The normalized spacial score (nSPS) is 10.8. The SMILES string of the molecule is CCCCc1nc(-c2ccccc2)c(CCN)s1. The first-order valence-corrected chi connectivity index (χ1v) is 7.41. The Kier molecular flexibility index (Phi) is 4.90. The lowest BCUT2D eigenvalue weighted by atomic mass is 10.1. The van der Waals surface area contributed by atoms with Crippen molar-refractivity contribution in [3.63, 3.8) is 0 Å². The van der Waals surface area contributed by atoms with E-state index >= 15 is 0 Å². The average Bonchev–Trinajstić information content (AvgIpc) is 2.81. The van der Waals surface area contributed by atoms with Crippen LogP contribution in [0.4, 0.5) is 0 Å². The van der Waals surface area contributed by atoms with E-state index < -0.39 is 0 Å². The summed E-state index contributed by atoms with van der Waals surface area (Å²) in [6, 6.07) is 10.4. The molecule has 0 bridgehead atoms. The summed E-state index contributed by atoms with van der Waals surface area (Å²) < 4.78 is 0. The van der Waals surface area contributed by atoms with Crippen molar-refractivity contribution in [3.8, 4) is 11.3 Å². The van der Waals surface area contributed by atoms with Crippen molar-refractivity contribution in [3.05, 3.63) is 40.2 Å². The summed E-state index contributed by atoms with van der Waals surface area (Å²) in [5.74, 6) is 0. The number of rotatable bonds is 6. The summed E-state index contributed by atoms with van der Waals surface area (Å²) in [7, 11) is 0. The fourth-order valence-electron chi connectivity index (χ4n) is 1.96. The summed E-state index contributed by atoms with van der Waals surface area (Å²) in [6.45, 7) is 2.90. The smallest absolute Gasteiger partial charge is 0.0935 e. The van der Waals surface area contributed by atoms with Gasteiger partial charge >= 0.3 is 0 Å². The number of nitrogens with zero attached hydrogens (tertiary/aromatic N) is 1. The van der Waals surface area contributed by atoms with E-state index in [0.29, 0.717) is 6.54 Å². The molecule has 2 N–H and O–H groups in total.